The van der Waals surface area contributed by atoms with E-state index in [-0.39, 0.29) is 5.56 Å². The van der Waals surface area contributed by atoms with E-state index in [2.05, 4.69) is 5.32 Å². The predicted octanol–water partition coefficient (Wildman–Crippen LogP) is 7.37. The predicted molar refractivity (Wildman–Crippen MR) is 142 cm³/mol. The molecule has 0 saturated heterocycles. The summed E-state index contributed by atoms with van der Waals surface area (Å²) in [4.78, 5) is 12.4. The summed E-state index contributed by atoms with van der Waals surface area (Å²) in [7, 11) is 6.04. The monoisotopic (exact) mass is 547 g/mol. The molecule has 0 atom stereocenters. The highest BCUT2D eigenvalue weighted by molar-refractivity contribution is 6.32. The molecule has 1 N–H and O–H groups in total. The summed E-state index contributed by atoms with van der Waals surface area (Å²) < 4.78 is 59.7. The lowest BCUT2D eigenvalue weighted by Gasteiger charge is -2.13. The molecule has 3 aromatic carbocycles. The van der Waals surface area contributed by atoms with E-state index in [1.54, 1.807) is 24.3 Å². The van der Waals surface area contributed by atoms with Gasteiger partial charge in [-0.05, 0) is 47.5 Å². The molecule has 10 heteroatoms. The Hall–Kier alpha value is -4.11. The maximum atomic E-state index is 12.7. The summed E-state index contributed by atoms with van der Waals surface area (Å²) in [6.07, 6.45) is 1.74. The van der Waals surface area contributed by atoms with Crippen LogP contribution in [0.3, 0.4) is 0 Å². The Balaban J connectivity index is 1.82. The molecule has 0 aromatic heterocycles. The zero-order valence-corrected chi connectivity index (χ0v) is 21.7. The van der Waals surface area contributed by atoms with Crippen LogP contribution < -0.4 is 24.3 Å². The lowest BCUT2D eigenvalue weighted by Crippen LogP contribution is -2.05. The number of hydrogen-bond donors (Lipinski definition) is 1. The number of nitrogens with one attached hydrogen (secondary N) is 1. The van der Waals surface area contributed by atoms with Crippen LogP contribution in [-0.4, -0.2) is 34.2 Å². The first-order valence-corrected chi connectivity index (χ1v) is 11.5. The molecule has 0 bridgehead atoms. The number of rotatable bonds is 10. The number of ether oxygens (including phenoxy) is 4. The van der Waals surface area contributed by atoms with Crippen molar-refractivity contribution < 1.29 is 36.9 Å². The molecule has 0 aliphatic carbocycles. The highest BCUT2D eigenvalue weighted by Gasteiger charge is 2.30. The zero-order chi connectivity index (χ0) is 27.9. The van der Waals surface area contributed by atoms with Gasteiger partial charge in [-0.15, -0.1) is 0 Å². The number of hydrogen-bond acceptors (Lipinski definition) is 6. The average molecular weight is 548 g/mol. The molecule has 0 spiro atoms. The second kappa shape index (κ2) is 12.4. The van der Waals surface area contributed by atoms with Crippen LogP contribution in [-0.2, 0) is 6.18 Å². The van der Waals surface area contributed by atoms with Crippen molar-refractivity contribution in [3.63, 3.8) is 0 Å². The van der Waals surface area contributed by atoms with Crippen LogP contribution in [0.5, 0.6) is 23.0 Å². The molecule has 0 aliphatic rings. The first-order chi connectivity index (χ1) is 18.1. The molecule has 6 nitrogen and oxygen atoms in total. The maximum absolute atomic E-state index is 12.7. The van der Waals surface area contributed by atoms with Gasteiger partial charge in [0.25, 0.3) is 0 Å². The minimum absolute atomic E-state index is 0.114. The Bertz CT molecular complexity index is 1330. The number of anilines is 1. The van der Waals surface area contributed by atoms with Gasteiger partial charge < -0.3 is 24.3 Å². The third-order valence-corrected chi connectivity index (χ3v) is 5.68. The summed E-state index contributed by atoms with van der Waals surface area (Å²) in [5.74, 6) is 1.36. The number of halogens is 4. The van der Waals surface area contributed by atoms with E-state index in [0.717, 1.165) is 35.4 Å². The van der Waals surface area contributed by atoms with E-state index < -0.39 is 17.5 Å². The molecule has 0 radical (unpaired) electrons. The fourth-order valence-corrected chi connectivity index (χ4v) is 3.85. The number of methoxy groups -OCH3 is 4. The van der Waals surface area contributed by atoms with Gasteiger partial charge in [-0.3, -0.25) is 4.79 Å². The summed E-state index contributed by atoms with van der Waals surface area (Å²) in [5.41, 5.74) is 1.26. The Morgan fingerprint density at radius 3 is 1.87 bits per heavy atom. The maximum Gasteiger partial charge on any atom is 0.416 e. The van der Waals surface area contributed by atoms with Gasteiger partial charge >= 0.3 is 6.18 Å². The summed E-state index contributed by atoms with van der Waals surface area (Å²) in [5, 5.41) is 3.27. The highest BCUT2D eigenvalue weighted by Crippen LogP contribution is 2.39. The van der Waals surface area contributed by atoms with Gasteiger partial charge in [0.15, 0.2) is 23.0 Å². The average Bonchev–Trinajstić information content (AvgIpc) is 2.90. The smallest absolute Gasteiger partial charge is 0.416 e. The third kappa shape index (κ3) is 6.80. The molecular formula is C28H25ClF3NO5. The Kier molecular flexibility index (Phi) is 9.30. The Labute approximate surface area is 223 Å². The Morgan fingerprint density at radius 1 is 0.816 bits per heavy atom. The summed E-state index contributed by atoms with van der Waals surface area (Å²) >= 11 is 6.40. The molecular weight excluding hydrogens is 523 g/mol. The van der Waals surface area contributed by atoms with Crippen molar-refractivity contribution in [2.24, 2.45) is 0 Å². The normalized spacial score (nSPS) is 11.6. The van der Waals surface area contributed by atoms with Crippen LogP contribution in [0.1, 0.15) is 27.0 Å². The quantitative estimate of drug-likeness (QED) is 0.162. The van der Waals surface area contributed by atoms with Crippen LogP contribution in [0, 0.1) is 0 Å². The van der Waals surface area contributed by atoms with Gasteiger partial charge in [-0.2, -0.15) is 13.2 Å². The molecule has 0 saturated carbocycles. The fraction of sp³-hybridized carbons (Fsp3) is 0.179. The lowest BCUT2D eigenvalue weighted by molar-refractivity contribution is -0.137. The van der Waals surface area contributed by atoms with E-state index in [4.69, 9.17) is 30.5 Å². The second-order valence-electron chi connectivity index (χ2n) is 7.79. The van der Waals surface area contributed by atoms with E-state index in [1.165, 1.54) is 40.7 Å². The molecule has 3 aromatic rings. The van der Waals surface area contributed by atoms with Crippen molar-refractivity contribution in [2.75, 3.05) is 33.8 Å². The number of alkyl halides is 3. The number of ketones is 1. The fourth-order valence-electron chi connectivity index (χ4n) is 3.54. The molecule has 38 heavy (non-hydrogen) atoms. The summed E-state index contributed by atoms with van der Waals surface area (Å²) in [6.45, 7) is 0. The topological polar surface area (TPSA) is 66.0 Å². The van der Waals surface area contributed by atoms with Gasteiger partial charge in [0.1, 0.15) is 0 Å². The van der Waals surface area contributed by atoms with Crippen molar-refractivity contribution in [2.45, 2.75) is 6.18 Å². The van der Waals surface area contributed by atoms with Crippen molar-refractivity contribution in [3.05, 3.63) is 88.1 Å². The molecule has 0 amide bonds. The largest absolute Gasteiger partial charge is 0.493 e. The van der Waals surface area contributed by atoms with E-state index >= 15 is 0 Å². The number of benzene rings is 3. The zero-order valence-electron chi connectivity index (χ0n) is 21.0. The third-order valence-electron chi connectivity index (χ3n) is 5.40. The molecule has 3 rings (SSSR count). The molecule has 200 valence electrons. The first-order valence-electron chi connectivity index (χ1n) is 11.1. The van der Waals surface area contributed by atoms with Gasteiger partial charge in [0, 0.05) is 17.8 Å². The van der Waals surface area contributed by atoms with Crippen molar-refractivity contribution in [3.8, 4) is 23.0 Å². The van der Waals surface area contributed by atoms with E-state index in [1.807, 2.05) is 12.2 Å². The molecule has 0 heterocycles. The number of carbonyl (C=O) groups is 1. The van der Waals surface area contributed by atoms with Gasteiger partial charge in [0.2, 0.25) is 5.75 Å². The van der Waals surface area contributed by atoms with Gasteiger partial charge in [-0.1, -0.05) is 35.9 Å². The van der Waals surface area contributed by atoms with Crippen LogP contribution in [0.15, 0.2) is 60.8 Å². The number of carbonyl (C=O) groups excluding carboxylic acids is 1. The van der Waals surface area contributed by atoms with Crippen LogP contribution in [0.2, 0.25) is 5.02 Å². The van der Waals surface area contributed by atoms with Gasteiger partial charge in [-0.25, -0.2) is 0 Å². The molecule has 0 fully saturated rings. The minimum atomic E-state index is -4.47. The van der Waals surface area contributed by atoms with Crippen LogP contribution in [0.25, 0.3) is 12.2 Å². The van der Waals surface area contributed by atoms with E-state index in [0.29, 0.717) is 33.7 Å². The standard InChI is InChI=1S/C28H25ClF3NO5/c1-35-24-15-18(16-25(36-2)27(24)38-4)6-5-17-13-21(29)26(37-3)22(14-17)33-12-11-23(34)19-7-9-20(10-8-19)28(30,31)32/h5-16,33H,1-4H3/b6-5-,12-11-. The van der Waals surface area contributed by atoms with Crippen molar-refractivity contribution >= 4 is 35.2 Å². The summed E-state index contributed by atoms with van der Waals surface area (Å²) in [6, 6.07) is 11.0. The first kappa shape index (κ1) is 28.5. The number of allylic oxidation sites excluding steroid dienone is 1. The SMILES string of the molecule is COc1cc(/C=C\c2cc(Cl)c(OC)c(N/C=C\C(=O)c3ccc(C(F)(F)F)cc3)c2)cc(OC)c1OC. The minimum Gasteiger partial charge on any atom is -0.493 e. The van der Waals surface area contributed by atoms with E-state index in [9.17, 15) is 18.0 Å². The highest BCUT2D eigenvalue weighted by atomic mass is 35.5. The molecule has 0 aliphatic heterocycles. The van der Waals surface area contributed by atoms with Crippen LogP contribution >= 0.6 is 11.6 Å². The van der Waals surface area contributed by atoms with Crippen molar-refractivity contribution in [1.29, 1.82) is 0 Å². The van der Waals surface area contributed by atoms with Gasteiger partial charge in [0.05, 0.1) is 44.7 Å². The molecule has 0 unspecified atom stereocenters. The Morgan fingerprint density at radius 2 is 1.37 bits per heavy atom. The second-order valence-corrected chi connectivity index (χ2v) is 8.20. The van der Waals surface area contributed by atoms with Crippen LogP contribution in [0.4, 0.5) is 18.9 Å². The lowest BCUT2D eigenvalue weighted by atomic mass is 10.1. The van der Waals surface area contributed by atoms with Crippen molar-refractivity contribution in [1.82, 2.24) is 0 Å².